The second kappa shape index (κ2) is 5.49. The first-order chi connectivity index (χ1) is 7.86. The van der Waals surface area contributed by atoms with Gasteiger partial charge in [-0.1, -0.05) is 18.2 Å². The quantitative estimate of drug-likeness (QED) is 0.767. The lowest BCUT2D eigenvalue weighted by Crippen LogP contribution is -2.22. The average molecular weight is 259 g/mol. The molecule has 94 valence electrons. The maximum atomic E-state index is 13.4. The maximum absolute atomic E-state index is 13.4. The molecule has 2 nitrogen and oxygen atoms in total. The van der Waals surface area contributed by atoms with Crippen molar-refractivity contribution in [1.82, 2.24) is 0 Å². The summed E-state index contributed by atoms with van der Waals surface area (Å²) in [6.07, 6.45) is 0. The van der Waals surface area contributed by atoms with Crippen LogP contribution in [-0.2, 0) is 11.0 Å². The molecule has 5 heteroatoms. The van der Waals surface area contributed by atoms with E-state index in [0.29, 0.717) is 0 Å². The van der Waals surface area contributed by atoms with Crippen molar-refractivity contribution in [1.29, 1.82) is 0 Å². The van der Waals surface area contributed by atoms with Crippen LogP contribution < -0.4 is 0 Å². The summed E-state index contributed by atoms with van der Waals surface area (Å²) in [4.78, 5) is 0. The molecule has 0 saturated heterocycles. The molecule has 0 radical (unpaired) electrons. The first kappa shape index (κ1) is 14.0. The molecule has 0 N–H and O–H groups in total. The van der Waals surface area contributed by atoms with E-state index in [1.807, 2.05) is 0 Å². The van der Waals surface area contributed by atoms with Gasteiger partial charge in [0.15, 0.2) is 0 Å². The standard InChI is InChI=1S/C12H15F2NOS/c1-12(2,3)17(16)15-11(8-13)9-6-4-5-7-10(9)14/h4-7H,8H2,1-3H3/b15-11+. The number of hydrogen-bond acceptors (Lipinski definition) is 1. The van der Waals surface area contributed by atoms with Gasteiger partial charge in [0, 0.05) is 5.56 Å². The van der Waals surface area contributed by atoms with Crippen molar-refractivity contribution in [2.24, 2.45) is 4.40 Å². The fourth-order valence-corrected chi connectivity index (χ4v) is 1.70. The van der Waals surface area contributed by atoms with Crippen molar-refractivity contribution >= 4 is 16.7 Å². The van der Waals surface area contributed by atoms with Crippen molar-refractivity contribution < 1.29 is 13.0 Å². The van der Waals surface area contributed by atoms with E-state index in [0.717, 1.165) is 0 Å². The summed E-state index contributed by atoms with van der Waals surface area (Å²) in [5, 5.41) is 0. The first-order valence-electron chi connectivity index (χ1n) is 5.16. The van der Waals surface area contributed by atoms with Gasteiger partial charge in [0.05, 0.1) is 10.5 Å². The molecule has 0 aliphatic carbocycles. The minimum Gasteiger partial charge on any atom is -0.244 e. The third kappa shape index (κ3) is 3.70. The third-order valence-corrected chi connectivity index (χ3v) is 3.46. The zero-order chi connectivity index (χ0) is 13.1. The van der Waals surface area contributed by atoms with Gasteiger partial charge in [0.25, 0.3) is 0 Å². The van der Waals surface area contributed by atoms with E-state index in [1.54, 1.807) is 26.8 Å². The molecule has 0 aromatic heterocycles. The van der Waals surface area contributed by atoms with Gasteiger partial charge in [-0.25, -0.2) is 13.0 Å². The van der Waals surface area contributed by atoms with Crippen LogP contribution in [0.15, 0.2) is 28.7 Å². The Morgan fingerprint density at radius 2 is 1.94 bits per heavy atom. The highest BCUT2D eigenvalue weighted by atomic mass is 32.2. The SMILES string of the molecule is CC(C)(C)S(=O)/N=C(\CF)c1ccccc1F. The van der Waals surface area contributed by atoms with E-state index in [1.165, 1.54) is 18.2 Å². The Labute approximate surface area is 102 Å². The summed E-state index contributed by atoms with van der Waals surface area (Å²) < 4.78 is 41.2. The normalized spacial score (nSPS) is 14.8. The molecule has 0 bridgehead atoms. The van der Waals surface area contributed by atoms with E-state index < -0.39 is 28.2 Å². The zero-order valence-electron chi connectivity index (χ0n) is 10.0. The molecule has 1 rings (SSSR count). The van der Waals surface area contributed by atoms with E-state index in [2.05, 4.69) is 4.40 Å². The second-order valence-electron chi connectivity index (χ2n) is 4.51. The Morgan fingerprint density at radius 3 is 2.41 bits per heavy atom. The van der Waals surface area contributed by atoms with Crippen LogP contribution in [0.5, 0.6) is 0 Å². The highest BCUT2D eigenvalue weighted by Crippen LogP contribution is 2.15. The molecule has 1 unspecified atom stereocenters. The lowest BCUT2D eigenvalue weighted by molar-refractivity contribution is 0.576. The second-order valence-corrected chi connectivity index (χ2v) is 6.42. The highest BCUT2D eigenvalue weighted by Gasteiger charge is 2.20. The molecule has 0 fully saturated rings. The zero-order valence-corrected chi connectivity index (χ0v) is 10.9. The summed E-state index contributed by atoms with van der Waals surface area (Å²) in [7, 11) is -1.59. The van der Waals surface area contributed by atoms with Gasteiger partial charge < -0.3 is 0 Å². The van der Waals surface area contributed by atoms with Crippen molar-refractivity contribution in [2.75, 3.05) is 6.67 Å². The van der Waals surface area contributed by atoms with Crippen molar-refractivity contribution in [2.45, 2.75) is 25.5 Å². The van der Waals surface area contributed by atoms with Gasteiger partial charge in [-0.3, -0.25) is 0 Å². The largest absolute Gasteiger partial charge is 0.244 e. The Kier molecular flexibility index (Phi) is 4.51. The lowest BCUT2D eigenvalue weighted by atomic mass is 10.1. The summed E-state index contributed by atoms with van der Waals surface area (Å²) in [5.74, 6) is -0.560. The highest BCUT2D eigenvalue weighted by molar-refractivity contribution is 7.85. The Hall–Kier alpha value is -1.10. The molecule has 1 aromatic carbocycles. The number of rotatable bonds is 3. The van der Waals surface area contributed by atoms with Gasteiger partial charge in [-0.05, 0) is 26.8 Å². The van der Waals surface area contributed by atoms with Crippen LogP contribution in [0.4, 0.5) is 8.78 Å². The maximum Gasteiger partial charge on any atom is 0.145 e. The number of halogens is 2. The molecular formula is C12H15F2NOS. The fourth-order valence-electron chi connectivity index (χ4n) is 1.08. The van der Waals surface area contributed by atoms with E-state index in [4.69, 9.17) is 0 Å². The van der Waals surface area contributed by atoms with Gasteiger partial charge in [0.2, 0.25) is 0 Å². The fraction of sp³-hybridized carbons (Fsp3) is 0.417. The number of hydrogen-bond donors (Lipinski definition) is 0. The van der Waals surface area contributed by atoms with Crippen LogP contribution >= 0.6 is 0 Å². The average Bonchev–Trinajstić information content (AvgIpc) is 2.25. The molecular weight excluding hydrogens is 244 g/mol. The van der Waals surface area contributed by atoms with Crippen LogP contribution in [0, 0.1) is 5.82 Å². The Bertz CT molecular complexity index is 452. The summed E-state index contributed by atoms with van der Waals surface area (Å²) >= 11 is 0. The van der Waals surface area contributed by atoms with Crippen LogP contribution in [-0.4, -0.2) is 21.3 Å². The van der Waals surface area contributed by atoms with Crippen LogP contribution in [0.1, 0.15) is 26.3 Å². The minimum absolute atomic E-state index is 0.0626. The third-order valence-electron chi connectivity index (χ3n) is 2.03. The molecule has 0 aliphatic heterocycles. The molecule has 17 heavy (non-hydrogen) atoms. The molecule has 0 aliphatic rings. The topological polar surface area (TPSA) is 29.4 Å². The van der Waals surface area contributed by atoms with Crippen LogP contribution in [0.2, 0.25) is 0 Å². The molecule has 0 saturated carbocycles. The van der Waals surface area contributed by atoms with E-state index in [9.17, 15) is 13.0 Å². The molecule has 1 atom stereocenters. The van der Waals surface area contributed by atoms with Gasteiger partial charge >= 0.3 is 0 Å². The summed E-state index contributed by atoms with van der Waals surface area (Å²) in [6.45, 7) is 4.24. The van der Waals surface area contributed by atoms with Gasteiger partial charge in [-0.15, -0.1) is 0 Å². The van der Waals surface area contributed by atoms with Gasteiger partial charge in [0.1, 0.15) is 23.5 Å². The molecule has 0 spiro atoms. The molecule has 0 amide bonds. The van der Waals surface area contributed by atoms with E-state index in [-0.39, 0.29) is 11.3 Å². The van der Waals surface area contributed by atoms with Crippen molar-refractivity contribution in [3.05, 3.63) is 35.6 Å². The molecule has 1 aromatic rings. The first-order valence-corrected chi connectivity index (χ1v) is 6.27. The van der Waals surface area contributed by atoms with Crippen molar-refractivity contribution in [3.63, 3.8) is 0 Å². The minimum atomic E-state index is -1.59. The lowest BCUT2D eigenvalue weighted by Gasteiger charge is -2.14. The van der Waals surface area contributed by atoms with Crippen LogP contribution in [0.25, 0.3) is 0 Å². The summed E-state index contributed by atoms with van der Waals surface area (Å²) in [5.41, 5.74) is -0.0519. The predicted octanol–water partition coefficient (Wildman–Crippen LogP) is 3.05. The number of nitrogens with zero attached hydrogens (tertiary/aromatic N) is 1. The number of alkyl halides is 1. The number of benzene rings is 1. The Balaban J connectivity index is 3.13. The monoisotopic (exact) mass is 259 g/mol. The molecule has 0 heterocycles. The Morgan fingerprint density at radius 1 is 1.35 bits per heavy atom. The van der Waals surface area contributed by atoms with Crippen molar-refractivity contribution in [3.8, 4) is 0 Å². The van der Waals surface area contributed by atoms with E-state index >= 15 is 0 Å². The van der Waals surface area contributed by atoms with Crippen LogP contribution in [0.3, 0.4) is 0 Å². The smallest absolute Gasteiger partial charge is 0.145 e. The predicted molar refractivity (Wildman–Crippen MR) is 66.8 cm³/mol. The summed E-state index contributed by atoms with van der Waals surface area (Å²) in [6, 6.07) is 5.74. The van der Waals surface area contributed by atoms with Gasteiger partial charge in [-0.2, -0.15) is 4.40 Å².